The lowest BCUT2D eigenvalue weighted by atomic mass is 10.0. The Balaban J connectivity index is 1.98. The van der Waals surface area contributed by atoms with Crippen LogP contribution in [0.25, 0.3) is 11.4 Å². The van der Waals surface area contributed by atoms with Crippen LogP contribution in [-0.4, -0.2) is 34.2 Å². The number of benzene rings is 1. The van der Waals surface area contributed by atoms with Gasteiger partial charge in [-0.15, -0.1) is 0 Å². The summed E-state index contributed by atoms with van der Waals surface area (Å²) in [5, 5.41) is 10.0. The zero-order chi connectivity index (χ0) is 16.4. The molecule has 0 aliphatic carbocycles. The Kier molecular flexibility index (Phi) is 4.48. The minimum Gasteiger partial charge on any atom is -0.507 e. The van der Waals surface area contributed by atoms with Gasteiger partial charge in [-0.05, 0) is 30.9 Å². The first kappa shape index (κ1) is 15.7. The Morgan fingerprint density at radius 2 is 1.91 bits per heavy atom. The zero-order valence-electron chi connectivity index (χ0n) is 13.7. The summed E-state index contributed by atoms with van der Waals surface area (Å²) in [5.74, 6) is 1.07. The number of nitrogens with two attached hydrogens (primary N) is 1. The maximum absolute atomic E-state index is 10.0. The largest absolute Gasteiger partial charge is 0.507 e. The third-order valence-corrected chi connectivity index (χ3v) is 4.37. The topological polar surface area (TPSA) is 75.3 Å². The van der Waals surface area contributed by atoms with Crippen molar-refractivity contribution in [3.05, 3.63) is 36.2 Å². The Morgan fingerprint density at radius 3 is 2.57 bits per heavy atom. The molecule has 2 heterocycles. The van der Waals surface area contributed by atoms with Gasteiger partial charge >= 0.3 is 0 Å². The number of hydrogen-bond acceptors (Lipinski definition) is 5. The molecule has 3 rings (SSSR count). The smallest absolute Gasteiger partial charge is 0.163 e. The average molecular weight is 312 g/mol. The zero-order valence-corrected chi connectivity index (χ0v) is 13.7. The van der Waals surface area contributed by atoms with E-state index in [0.29, 0.717) is 17.4 Å². The second kappa shape index (κ2) is 6.54. The van der Waals surface area contributed by atoms with E-state index >= 15 is 0 Å². The number of hydrogen-bond donors (Lipinski definition) is 2. The summed E-state index contributed by atoms with van der Waals surface area (Å²) in [4.78, 5) is 11.6. The van der Waals surface area contributed by atoms with Crippen LogP contribution in [0.15, 0.2) is 30.5 Å². The number of aromatic hydroxyl groups is 1. The summed E-state index contributed by atoms with van der Waals surface area (Å²) in [6.07, 6.45) is 3.89. The second-order valence-electron chi connectivity index (χ2n) is 6.46. The summed E-state index contributed by atoms with van der Waals surface area (Å²) in [7, 11) is 0. The Bertz CT molecular complexity index is 678. The van der Waals surface area contributed by atoms with Crippen molar-refractivity contribution in [2.75, 3.05) is 18.0 Å². The summed E-state index contributed by atoms with van der Waals surface area (Å²) in [5.41, 5.74) is 8.78. The van der Waals surface area contributed by atoms with E-state index in [1.54, 1.807) is 12.1 Å². The van der Waals surface area contributed by atoms with Gasteiger partial charge in [-0.1, -0.05) is 26.0 Å². The van der Waals surface area contributed by atoms with Crippen LogP contribution in [0, 0.1) is 0 Å². The molecule has 1 aliphatic heterocycles. The molecule has 1 fully saturated rings. The highest BCUT2D eigenvalue weighted by Gasteiger charge is 2.22. The van der Waals surface area contributed by atoms with Crippen LogP contribution in [0.3, 0.4) is 0 Å². The Labute approximate surface area is 137 Å². The number of aromatic nitrogens is 2. The van der Waals surface area contributed by atoms with Crippen LogP contribution >= 0.6 is 0 Å². The van der Waals surface area contributed by atoms with Crippen LogP contribution in [0.4, 0.5) is 5.69 Å². The molecule has 0 saturated carbocycles. The van der Waals surface area contributed by atoms with Crippen molar-refractivity contribution >= 4 is 5.69 Å². The molecule has 0 unspecified atom stereocenters. The van der Waals surface area contributed by atoms with E-state index in [2.05, 4.69) is 23.7 Å². The maximum Gasteiger partial charge on any atom is 0.163 e. The Morgan fingerprint density at radius 1 is 1.22 bits per heavy atom. The minimum atomic E-state index is 0.207. The molecule has 5 nitrogen and oxygen atoms in total. The van der Waals surface area contributed by atoms with Crippen LogP contribution in [-0.2, 0) is 0 Å². The predicted octanol–water partition coefficient (Wildman–Crippen LogP) is 2.90. The monoisotopic (exact) mass is 312 g/mol. The van der Waals surface area contributed by atoms with Gasteiger partial charge in [0.05, 0.1) is 23.1 Å². The van der Waals surface area contributed by atoms with Gasteiger partial charge in [0.15, 0.2) is 5.82 Å². The summed E-state index contributed by atoms with van der Waals surface area (Å²) in [6.45, 7) is 6.16. The lowest BCUT2D eigenvalue weighted by molar-refractivity contribution is 0.476. The van der Waals surface area contributed by atoms with Gasteiger partial charge in [0.1, 0.15) is 5.75 Å². The average Bonchev–Trinajstić information content (AvgIpc) is 2.55. The quantitative estimate of drug-likeness (QED) is 0.911. The van der Waals surface area contributed by atoms with Crippen molar-refractivity contribution in [3.8, 4) is 17.1 Å². The van der Waals surface area contributed by atoms with E-state index in [-0.39, 0.29) is 11.7 Å². The normalized spacial score (nSPS) is 16.1. The van der Waals surface area contributed by atoms with Gasteiger partial charge in [0.2, 0.25) is 0 Å². The lowest BCUT2D eigenvalue weighted by Crippen LogP contribution is -2.40. The van der Waals surface area contributed by atoms with E-state index in [0.717, 1.165) is 37.3 Å². The lowest BCUT2D eigenvalue weighted by Gasteiger charge is -2.33. The van der Waals surface area contributed by atoms with E-state index in [1.807, 2.05) is 18.3 Å². The molecule has 1 aliphatic rings. The molecule has 0 spiro atoms. The molecule has 0 atom stereocenters. The highest BCUT2D eigenvalue weighted by atomic mass is 16.3. The molecule has 1 aromatic carbocycles. The van der Waals surface area contributed by atoms with Crippen LogP contribution in [0.5, 0.6) is 5.75 Å². The van der Waals surface area contributed by atoms with Crippen molar-refractivity contribution in [1.29, 1.82) is 0 Å². The first-order chi connectivity index (χ1) is 11.1. The maximum atomic E-state index is 10.0. The first-order valence-corrected chi connectivity index (χ1v) is 8.22. The van der Waals surface area contributed by atoms with Gasteiger partial charge in [-0.3, -0.25) is 0 Å². The molecule has 5 heteroatoms. The van der Waals surface area contributed by atoms with Crippen molar-refractivity contribution in [2.45, 2.75) is 38.6 Å². The van der Waals surface area contributed by atoms with Crippen molar-refractivity contribution in [3.63, 3.8) is 0 Å². The predicted molar refractivity (Wildman–Crippen MR) is 92.6 cm³/mol. The summed E-state index contributed by atoms with van der Waals surface area (Å²) < 4.78 is 0. The fourth-order valence-corrected chi connectivity index (χ4v) is 2.99. The number of nitrogens with zero attached hydrogens (tertiary/aromatic N) is 3. The van der Waals surface area contributed by atoms with Gasteiger partial charge < -0.3 is 15.7 Å². The van der Waals surface area contributed by atoms with Gasteiger partial charge in [0.25, 0.3) is 0 Å². The van der Waals surface area contributed by atoms with E-state index in [4.69, 9.17) is 10.7 Å². The molecule has 3 N–H and O–H groups in total. The molecule has 2 aromatic rings. The number of phenols is 1. The molecular weight excluding hydrogens is 288 g/mol. The van der Waals surface area contributed by atoms with Crippen LogP contribution in [0.2, 0.25) is 0 Å². The minimum absolute atomic E-state index is 0.207. The van der Waals surface area contributed by atoms with Crippen molar-refractivity contribution < 1.29 is 5.11 Å². The van der Waals surface area contributed by atoms with Crippen LogP contribution in [0.1, 0.15) is 38.3 Å². The highest BCUT2D eigenvalue weighted by Crippen LogP contribution is 2.32. The molecular formula is C18H24N4O. The SMILES string of the molecule is CC(C)c1nc(-c2ccccc2O)ncc1N1CCC(N)CC1. The number of anilines is 1. The third kappa shape index (κ3) is 3.29. The Hall–Kier alpha value is -2.14. The number of piperidine rings is 1. The standard InChI is InChI=1S/C18H24N4O/c1-12(2)17-15(22-9-7-13(19)8-10-22)11-20-18(21-17)14-5-3-4-6-16(14)23/h3-6,11-13,23H,7-10,19H2,1-2H3. The second-order valence-corrected chi connectivity index (χ2v) is 6.46. The van der Waals surface area contributed by atoms with Gasteiger partial charge in [-0.2, -0.15) is 0 Å². The van der Waals surface area contributed by atoms with Crippen molar-refractivity contribution in [2.24, 2.45) is 5.73 Å². The van der Waals surface area contributed by atoms with Gasteiger partial charge in [0, 0.05) is 19.1 Å². The third-order valence-electron chi connectivity index (χ3n) is 4.37. The first-order valence-electron chi connectivity index (χ1n) is 8.22. The highest BCUT2D eigenvalue weighted by molar-refractivity contribution is 5.65. The van der Waals surface area contributed by atoms with E-state index < -0.39 is 0 Å². The number of phenolic OH excluding ortho intramolecular Hbond substituents is 1. The molecule has 122 valence electrons. The number of para-hydroxylation sites is 1. The van der Waals surface area contributed by atoms with Crippen LogP contribution < -0.4 is 10.6 Å². The molecule has 0 bridgehead atoms. The number of rotatable bonds is 3. The molecule has 23 heavy (non-hydrogen) atoms. The molecule has 1 aromatic heterocycles. The summed E-state index contributed by atoms with van der Waals surface area (Å²) >= 11 is 0. The summed E-state index contributed by atoms with van der Waals surface area (Å²) in [6, 6.07) is 7.48. The van der Waals surface area contributed by atoms with E-state index in [1.165, 1.54) is 0 Å². The van der Waals surface area contributed by atoms with E-state index in [9.17, 15) is 5.11 Å². The fraction of sp³-hybridized carbons (Fsp3) is 0.444. The van der Waals surface area contributed by atoms with Crippen molar-refractivity contribution in [1.82, 2.24) is 9.97 Å². The fourth-order valence-electron chi connectivity index (χ4n) is 2.99. The molecule has 0 radical (unpaired) electrons. The molecule has 0 amide bonds. The molecule has 1 saturated heterocycles. The van der Waals surface area contributed by atoms with Gasteiger partial charge in [-0.25, -0.2) is 9.97 Å².